The van der Waals surface area contributed by atoms with Crippen molar-refractivity contribution in [1.29, 1.82) is 0 Å². The van der Waals surface area contributed by atoms with E-state index in [0.717, 1.165) is 37.9 Å². The van der Waals surface area contributed by atoms with Crippen molar-refractivity contribution in [3.05, 3.63) is 76.0 Å². The zero-order chi connectivity index (χ0) is 19.6. The van der Waals surface area contributed by atoms with Crippen LogP contribution in [-0.4, -0.2) is 6.72 Å². The molecule has 0 saturated carbocycles. The number of nitrogens with zero attached hydrogens (tertiary/aromatic N) is 1. The van der Waals surface area contributed by atoms with Gasteiger partial charge in [0.1, 0.15) is 12.4 Å². The molecule has 0 aromatic heterocycles. The molecule has 2 aromatic rings. The lowest BCUT2D eigenvalue weighted by atomic mass is 9.98. The predicted octanol–water partition coefficient (Wildman–Crippen LogP) is 6.98. The van der Waals surface area contributed by atoms with Crippen LogP contribution in [0.25, 0.3) is 0 Å². The average molecular weight is 364 g/mol. The van der Waals surface area contributed by atoms with Gasteiger partial charge in [-0.2, -0.15) is 0 Å². The predicted molar refractivity (Wildman–Crippen MR) is 117 cm³/mol. The van der Waals surface area contributed by atoms with E-state index in [-0.39, 0.29) is 0 Å². The molecule has 0 amide bonds. The minimum Gasteiger partial charge on any atom is -0.489 e. The van der Waals surface area contributed by atoms with E-state index in [1.807, 2.05) is 0 Å². The number of aryl methyl sites for hydroxylation is 2. The van der Waals surface area contributed by atoms with Crippen LogP contribution in [0, 0.1) is 13.8 Å². The number of ether oxygens (including phenoxy) is 1. The summed E-state index contributed by atoms with van der Waals surface area (Å²) in [6.45, 7) is 13.0. The first-order valence-corrected chi connectivity index (χ1v) is 10.0. The van der Waals surface area contributed by atoms with Crippen molar-refractivity contribution >= 4 is 6.72 Å². The van der Waals surface area contributed by atoms with E-state index >= 15 is 0 Å². The van der Waals surface area contributed by atoms with Gasteiger partial charge in [0.05, 0.1) is 0 Å². The van der Waals surface area contributed by atoms with E-state index in [0.29, 0.717) is 6.61 Å². The minimum atomic E-state index is 0.612. The summed E-state index contributed by atoms with van der Waals surface area (Å²) >= 11 is 0. The van der Waals surface area contributed by atoms with E-state index in [9.17, 15) is 0 Å². The summed E-state index contributed by atoms with van der Waals surface area (Å²) in [7, 11) is 0. The Bertz CT molecular complexity index is 771. The van der Waals surface area contributed by atoms with Gasteiger partial charge < -0.3 is 4.74 Å². The second kappa shape index (κ2) is 10.7. The normalized spacial score (nSPS) is 11.9. The van der Waals surface area contributed by atoms with Gasteiger partial charge in [0.25, 0.3) is 0 Å². The van der Waals surface area contributed by atoms with Crippen molar-refractivity contribution in [2.24, 2.45) is 4.99 Å². The molecule has 2 heteroatoms. The third-order valence-electron chi connectivity index (χ3n) is 5.24. The van der Waals surface area contributed by atoms with Gasteiger partial charge in [-0.15, -0.1) is 0 Å². The van der Waals surface area contributed by atoms with Crippen LogP contribution in [0.2, 0.25) is 0 Å². The first kappa shape index (κ1) is 21.0. The van der Waals surface area contributed by atoms with Gasteiger partial charge >= 0.3 is 0 Å². The van der Waals surface area contributed by atoms with Gasteiger partial charge in [-0.05, 0) is 86.2 Å². The first-order valence-electron chi connectivity index (χ1n) is 10.0. The van der Waals surface area contributed by atoms with Crippen molar-refractivity contribution in [2.45, 2.75) is 66.4 Å². The summed E-state index contributed by atoms with van der Waals surface area (Å²) in [6, 6.07) is 14.9. The molecule has 0 aliphatic rings. The van der Waals surface area contributed by atoms with Gasteiger partial charge in [-0.3, -0.25) is 4.99 Å². The van der Waals surface area contributed by atoms with Crippen LogP contribution in [0.4, 0.5) is 0 Å². The Morgan fingerprint density at radius 3 is 2.37 bits per heavy atom. The third-order valence-corrected chi connectivity index (χ3v) is 5.24. The molecule has 0 fully saturated rings. The number of hydrogen-bond donors (Lipinski definition) is 0. The molecule has 0 aliphatic heterocycles. The maximum absolute atomic E-state index is 5.99. The molecule has 0 radical (unpaired) electrons. The monoisotopic (exact) mass is 363 g/mol. The van der Waals surface area contributed by atoms with Gasteiger partial charge in [0, 0.05) is 5.70 Å². The van der Waals surface area contributed by atoms with Crippen LogP contribution in [0.5, 0.6) is 5.75 Å². The van der Waals surface area contributed by atoms with Crippen molar-refractivity contribution < 1.29 is 4.74 Å². The van der Waals surface area contributed by atoms with E-state index in [2.05, 4.69) is 81.9 Å². The Balaban J connectivity index is 1.95. The topological polar surface area (TPSA) is 21.6 Å². The van der Waals surface area contributed by atoms with Crippen LogP contribution in [0.15, 0.2) is 58.7 Å². The Hall–Kier alpha value is -2.35. The highest BCUT2D eigenvalue weighted by molar-refractivity contribution is 5.34. The highest BCUT2D eigenvalue weighted by Crippen LogP contribution is 2.23. The molecule has 0 saturated heterocycles. The van der Waals surface area contributed by atoms with Crippen LogP contribution < -0.4 is 4.74 Å². The molecular formula is C25H33NO. The van der Waals surface area contributed by atoms with Crippen LogP contribution >= 0.6 is 0 Å². The molecule has 2 rings (SSSR count). The number of rotatable bonds is 10. The van der Waals surface area contributed by atoms with E-state index in [1.54, 1.807) is 0 Å². The van der Waals surface area contributed by atoms with Gasteiger partial charge in [0.2, 0.25) is 0 Å². The number of hydrogen-bond acceptors (Lipinski definition) is 2. The summed E-state index contributed by atoms with van der Waals surface area (Å²) in [5.74, 6) is 0.922. The summed E-state index contributed by atoms with van der Waals surface area (Å²) in [5, 5.41) is 0. The Labute approximate surface area is 165 Å². The number of allylic oxidation sites excluding steroid dienone is 2. The van der Waals surface area contributed by atoms with Crippen LogP contribution in [-0.2, 0) is 13.0 Å². The molecule has 2 nitrogen and oxygen atoms in total. The molecule has 144 valence electrons. The Kier molecular flexibility index (Phi) is 8.32. The fraction of sp³-hybridized carbons (Fsp3) is 0.400. The molecule has 0 aliphatic carbocycles. The lowest BCUT2D eigenvalue weighted by Gasteiger charge is -2.12. The van der Waals surface area contributed by atoms with Gasteiger partial charge in [-0.1, -0.05) is 50.6 Å². The number of aliphatic imine (C=N–C) groups is 1. The first-order chi connectivity index (χ1) is 13.1. The zero-order valence-corrected chi connectivity index (χ0v) is 17.3. The fourth-order valence-corrected chi connectivity index (χ4v) is 3.37. The van der Waals surface area contributed by atoms with Crippen molar-refractivity contribution in [3.63, 3.8) is 0 Å². The third kappa shape index (κ3) is 6.09. The van der Waals surface area contributed by atoms with Crippen molar-refractivity contribution in [2.75, 3.05) is 0 Å². The summed E-state index contributed by atoms with van der Waals surface area (Å²) in [6.07, 6.45) is 5.31. The Morgan fingerprint density at radius 2 is 1.74 bits per heavy atom. The van der Waals surface area contributed by atoms with E-state index < -0.39 is 0 Å². The smallest absolute Gasteiger partial charge is 0.119 e. The van der Waals surface area contributed by atoms with Gasteiger partial charge in [0.15, 0.2) is 0 Å². The van der Waals surface area contributed by atoms with Crippen molar-refractivity contribution in [1.82, 2.24) is 0 Å². The van der Waals surface area contributed by atoms with E-state index in [1.165, 1.54) is 33.5 Å². The highest BCUT2D eigenvalue weighted by atomic mass is 16.5. The molecule has 0 heterocycles. The van der Waals surface area contributed by atoms with Crippen molar-refractivity contribution in [3.8, 4) is 5.75 Å². The molecule has 2 aromatic carbocycles. The second-order valence-electron chi connectivity index (χ2n) is 7.10. The summed E-state index contributed by atoms with van der Waals surface area (Å²) in [5.41, 5.74) is 7.82. The number of benzene rings is 2. The Morgan fingerprint density at radius 1 is 1.00 bits per heavy atom. The average Bonchev–Trinajstić information content (AvgIpc) is 2.69. The quantitative estimate of drug-likeness (QED) is 0.417. The van der Waals surface area contributed by atoms with Crippen LogP contribution in [0.3, 0.4) is 0 Å². The maximum atomic E-state index is 5.99. The molecule has 0 unspecified atom stereocenters. The summed E-state index contributed by atoms with van der Waals surface area (Å²) in [4.78, 5) is 4.23. The lowest BCUT2D eigenvalue weighted by molar-refractivity contribution is 0.305. The van der Waals surface area contributed by atoms with Crippen LogP contribution in [0.1, 0.15) is 61.8 Å². The fourth-order valence-electron chi connectivity index (χ4n) is 3.37. The van der Waals surface area contributed by atoms with E-state index in [4.69, 9.17) is 4.74 Å². The molecular weight excluding hydrogens is 330 g/mol. The standard InChI is InChI=1S/C25H33NO/c1-6-9-22(25(7-2)26-5)15-12-21-13-16-24(17-14-21)27-18-23-11-8-10-19(3)20(23)4/h8,10-11,13-14,16-17H,5-7,9,12,15,18H2,1-4H3/b25-22-. The second-order valence-corrected chi connectivity index (χ2v) is 7.10. The SMILES string of the molecule is C=N/C(CC)=C(/CCC)CCc1ccc(OCc2cccc(C)c2C)cc1. The lowest BCUT2D eigenvalue weighted by Crippen LogP contribution is -1.99. The largest absolute Gasteiger partial charge is 0.489 e. The minimum absolute atomic E-state index is 0.612. The zero-order valence-electron chi connectivity index (χ0n) is 17.3. The molecule has 27 heavy (non-hydrogen) atoms. The highest BCUT2D eigenvalue weighted by Gasteiger charge is 2.06. The van der Waals surface area contributed by atoms with Gasteiger partial charge in [-0.25, -0.2) is 0 Å². The summed E-state index contributed by atoms with van der Waals surface area (Å²) < 4.78 is 5.99. The molecule has 0 atom stereocenters. The molecule has 0 spiro atoms. The maximum Gasteiger partial charge on any atom is 0.119 e. The molecule has 0 bridgehead atoms. The molecule has 0 N–H and O–H groups in total.